The quantitative estimate of drug-likeness (QED) is 0.743. The van der Waals surface area contributed by atoms with E-state index in [4.69, 9.17) is 0 Å². The van der Waals surface area contributed by atoms with Gasteiger partial charge in [0.2, 0.25) is 0 Å². The predicted octanol–water partition coefficient (Wildman–Crippen LogP) is 2.79. The molecule has 1 heterocycles. The number of aromatic nitrogens is 3. The largest absolute Gasteiger partial charge is 0.242 e. The Kier molecular flexibility index (Phi) is 2.48. The van der Waals surface area contributed by atoms with Gasteiger partial charge in [-0.1, -0.05) is 31.2 Å². The van der Waals surface area contributed by atoms with Crippen molar-refractivity contribution in [2.45, 2.75) is 32.7 Å². The fourth-order valence-electron chi connectivity index (χ4n) is 1.79. The van der Waals surface area contributed by atoms with Gasteiger partial charge in [-0.2, -0.15) is 0 Å². The average Bonchev–Trinajstić information content (AvgIpc) is 2.65. The van der Waals surface area contributed by atoms with Crippen molar-refractivity contribution in [1.82, 2.24) is 15.0 Å². The van der Waals surface area contributed by atoms with Crippen molar-refractivity contribution in [1.29, 1.82) is 0 Å². The number of rotatable bonds is 3. The van der Waals surface area contributed by atoms with E-state index in [1.165, 1.54) is 0 Å². The van der Waals surface area contributed by atoms with E-state index in [1.807, 2.05) is 22.9 Å². The van der Waals surface area contributed by atoms with Crippen LogP contribution >= 0.6 is 0 Å². The van der Waals surface area contributed by atoms with E-state index in [1.54, 1.807) is 0 Å². The van der Waals surface area contributed by atoms with Crippen molar-refractivity contribution in [3.63, 3.8) is 0 Å². The smallest absolute Gasteiger partial charge is 0.113 e. The second-order valence-corrected chi connectivity index (χ2v) is 3.49. The fraction of sp³-hybridized carbons (Fsp3) is 0.455. The number of benzene rings is 1. The number of fused-ring (bicyclic) bond motifs is 1. The molecule has 3 heteroatoms. The van der Waals surface area contributed by atoms with Gasteiger partial charge in [0.15, 0.2) is 0 Å². The first-order valence-electron chi connectivity index (χ1n) is 5.16. The Hall–Kier alpha value is -1.38. The summed E-state index contributed by atoms with van der Waals surface area (Å²) in [5, 5.41) is 8.35. The zero-order chi connectivity index (χ0) is 9.97. The summed E-state index contributed by atoms with van der Waals surface area (Å²) in [4.78, 5) is 0. The van der Waals surface area contributed by atoms with Gasteiger partial charge >= 0.3 is 0 Å². The molecular weight excluding hydrogens is 174 g/mol. The first-order chi connectivity index (χ1) is 6.86. The summed E-state index contributed by atoms with van der Waals surface area (Å²) in [5.74, 6) is 0. The first kappa shape index (κ1) is 9.19. The standard InChI is InChI=1S/C11H15N3/c1-3-9(4-2)14-11-8-6-5-7-10(11)12-13-14/h5-9H,3-4H2,1-2H3. The van der Waals surface area contributed by atoms with Crippen LogP contribution in [0.15, 0.2) is 24.3 Å². The van der Waals surface area contributed by atoms with Crippen LogP contribution in [0.1, 0.15) is 32.7 Å². The van der Waals surface area contributed by atoms with Crippen LogP contribution in [0.2, 0.25) is 0 Å². The second kappa shape index (κ2) is 3.78. The van der Waals surface area contributed by atoms with Gasteiger partial charge in [0, 0.05) is 0 Å². The summed E-state index contributed by atoms with van der Waals surface area (Å²) in [7, 11) is 0. The fourth-order valence-corrected chi connectivity index (χ4v) is 1.79. The maximum absolute atomic E-state index is 4.20. The molecule has 3 nitrogen and oxygen atoms in total. The summed E-state index contributed by atoms with van der Waals surface area (Å²) in [6, 6.07) is 8.58. The highest BCUT2D eigenvalue weighted by molar-refractivity contribution is 5.73. The average molecular weight is 189 g/mol. The SMILES string of the molecule is CCC(CC)n1nnc2ccccc21. The van der Waals surface area contributed by atoms with Gasteiger partial charge in [-0.05, 0) is 25.0 Å². The third-order valence-corrected chi connectivity index (χ3v) is 2.67. The molecule has 0 fully saturated rings. The van der Waals surface area contributed by atoms with E-state index in [2.05, 4.69) is 30.2 Å². The molecule has 2 rings (SSSR count). The number of hydrogen-bond donors (Lipinski definition) is 0. The van der Waals surface area contributed by atoms with Gasteiger partial charge < -0.3 is 0 Å². The summed E-state index contributed by atoms with van der Waals surface area (Å²) < 4.78 is 2.04. The molecule has 0 aliphatic carbocycles. The van der Waals surface area contributed by atoms with Gasteiger partial charge in [-0.15, -0.1) is 5.10 Å². The molecule has 0 N–H and O–H groups in total. The van der Waals surface area contributed by atoms with E-state index < -0.39 is 0 Å². The van der Waals surface area contributed by atoms with Crippen molar-refractivity contribution >= 4 is 11.0 Å². The van der Waals surface area contributed by atoms with Gasteiger partial charge in [0.05, 0.1) is 11.6 Å². The van der Waals surface area contributed by atoms with Crippen molar-refractivity contribution in [3.05, 3.63) is 24.3 Å². The molecule has 1 aromatic heterocycles. The van der Waals surface area contributed by atoms with Crippen LogP contribution in [0, 0.1) is 0 Å². The molecule has 0 saturated heterocycles. The van der Waals surface area contributed by atoms with Crippen LogP contribution in [0.3, 0.4) is 0 Å². The maximum atomic E-state index is 4.20. The van der Waals surface area contributed by atoms with Gasteiger partial charge in [0.25, 0.3) is 0 Å². The molecule has 2 aromatic rings. The van der Waals surface area contributed by atoms with E-state index in [-0.39, 0.29) is 0 Å². The summed E-state index contributed by atoms with van der Waals surface area (Å²) in [6.45, 7) is 4.37. The Morgan fingerprint density at radius 1 is 1.21 bits per heavy atom. The molecule has 1 aromatic carbocycles. The Bertz CT molecular complexity index is 415. The Balaban J connectivity index is 2.51. The molecule has 14 heavy (non-hydrogen) atoms. The lowest BCUT2D eigenvalue weighted by Gasteiger charge is -2.12. The van der Waals surface area contributed by atoms with Crippen LogP contribution in [-0.2, 0) is 0 Å². The summed E-state index contributed by atoms with van der Waals surface area (Å²) in [6.07, 6.45) is 2.20. The van der Waals surface area contributed by atoms with Crippen LogP contribution in [0.25, 0.3) is 11.0 Å². The Morgan fingerprint density at radius 3 is 2.64 bits per heavy atom. The van der Waals surface area contributed by atoms with Gasteiger partial charge in [0.1, 0.15) is 5.52 Å². The molecule has 74 valence electrons. The molecule has 0 saturated carbocycles. The Labute approximate surface area is 83.7 Å². The third kappa shape index (κ3) is 1.39. The molecule has 0 atom stereocenters. The van der Waals surface area contributed by atoms with E-state index in [0.717, 1.165) is 23.9 Å². The molecule has 0 aliphatic rings. The minimum atomic E-state index is 0.474. The zero-order valence-corrected chi connectivity index (χ0v) is 8.64. The maximum Gasteiger partial charge on any atom is 0.113 e. The van der Waals surface area contributed by atoms with E-state index in [0.29, 0.717) is 6.04 Å². The molecule has 0 unspecified atom stereocenters. The lowest BCUT2D eigenvalue weighted by Crippen LogP contribution is -2.08. The van der Waals surface area contributed by atoms with Crippen LogP contribution in [0.5, 0.6) is 0 Å². The van der Waals surface area contributed by atoms with Crippen molar-refractivity contribution in [2.24, 2.45) is 0 Å². The summed E-state index contributed by atoms with van der Waals surface area (Å²) >= 11 is 0. The highest BCUT2D eigenvalue weighted by Gasteiger charge is 2.10. The van der Waals surface area contributed by atoms with Crippen molar-refractivity contribution < 1.29 is 0 Å². The Morgan fingerprint density at radius 2 is 1.93 bits per heavy atom. The normalized spacial score (nSPS) is 11.4. The van der Waals surface area contributed by atoms with E-state index >= 15 is 0 Å². The predicted molar refractivity (Wildman–Crippen MR) is 57.1 cm³/mol. The van der Waals surface area contributed by atoms with Crippen molar-refractivity contribution in [3.8, 4) is 0 Å². The molecule has 0 spiro atoms. The first-order valence-corrected chi connectivity index (χ1v) is 5.16. The monoisotopic (exact) mass is 189 g/mol. The van der Waals surface area contributed by atoms with Crippen molar-refractivity contribution in [2.75, 3.05) is 0 Å². The molecule has 0 radical (unpaired) electrons. The number of hydrogen-bond acceptors (Lipinski definition) is 2. The lowest BCUT2D eigenvalue weighted by molar-refractivity contribution is 0.430. The second-order valence-electron chi connectivity index (χ2n) is 3.49. The minimum absolute atomic E-state index is 0.474. The lowest BCUT2D eigenvalue weighted by atomic mass is 10.1. The molecule has 0 bridgehead atoms. The molecule has 0 aliphatic heterocycles. The topological polar surface area (TPSA) is 30.7 Å². The third-order valence-electron chi connectivity index (χ3n) is 2.67. The molecule has 0 amide bonds. The highest BCUT2D eigenvalue weighted by Crippen LogP contribution is 2.19. The summed E-state index contributed by atoms with van der Waals surface area (Å²) in [5.41, 5.74) is 2.13. The van der Waals surface area contributed by atoms with Gasteiger partial charge in [-0.3, -0.25) is 0 Å². The van der Waals surface area contributed by atoms with Crippen LogP contribution in [-0.4, -0.2) is 15.0 Å². The molecular formula is C11H15N3. The van der Waals surface area contributed by atoms with Gasteiger partial charge in [-0.25, -0.2) is 4.68 Å². The highest BCUT2D eigenvalue weighted by atomic mass is 15.4. The van der Waals surface area contributed by atoms with Crippen LogP contribution in [0.4, 0.5) is 0 Å². The van der Waals surface area contributed by atoms with E-state index in [9.17, 15) is 0 Å². The number of nitrogens with zero attached hydrogens (tertiary/aromatic N) is 3. The van der Waals surface area contributed by atoms with Crippen LogP contribution < -0.4 is 0 Å². The minimum Gasteiger partial charge on any atom is -0.242 e. The number of para-hydroxylation sites is 1. The zero-order valence-electron chi connectivity index (χ0n) is 8.64.